The number of nitrogens with zero attached hydrogens (tertiary/aromatic N) is 1. The van der Waals surface area contributed by atoms with E-state index in [4.69, 9.17) is 0 Å². The van der Waals surface area contributed by atoms with Crippen LogP contribution in [0.2, 0.25) is 0 Å². The highest BCUT2D eigenvalue weighted by Crippen LogP contribution is 2.12. The van der Waals surface area contributed by atoms with E-state index in [9.17, 15) is 5.11 Å². The highest BCUT2D eigenvalue weighted by Gasteiger charge is 2.17. The Balaban J connectivity index is 3.81. The normalized spacial score (nSPS) is 15.5. The molecule has 0 radical (unpaired) electrons. The zero-order valence-corrected chi connectivity index (χ0v) is 9.96. The van der Waals surface area contributed by atoms with Crippen LogP contribution in [0.1, 0.15) is 41.0 Å². The summed E-state index contributed by atoms with van der Waals surface area (Å²) in [6, 6.07) is 0.586. The Hall–Kier alpha value is -0.0800. The Morgan fingerprint density at radius 1 is 1.23 bits per heavy atom. The summed E-state index contributed by atoms with van der Waals surface area (Å²) in [4.78, 5) is 2.31. The summed E-state index contributed by atoms with van der Waals surface area (Å²) in [5, 5.41) is 9.56. The molecule has 0 fully saturated rings. The lowest BCUT2D eigenvalue weighted by Gasteiger charge is -2.30. The number of rotatable bonds is 5. The van der Waals surface area contributed by atoms with Crippen molar-refractivity contribution in [2.24, 2.45) is 5.92 Å². The molecule has 0 saturated carbocycles. The van der Waals surface area contributed by atoms with Crippen molar-refractivity contribution in [1.82, 2.24) is 4.90 Å². The van der Waals surface area contributed by atoms with Crippen LogP contribution >= 0.6 is 0 Å². The molecule has 0 rings (SSSR count). The smallest absolute Gasteiger partial charge is 0.0603 e. The maximum absolute atomic E-state index is 9.56. The first-order valence-electron chi connectivity index (χ1n) is 5.16. The van der Waals surface area contributed by atoms with Crippen molar-refractivity contribution in [3.8, 4) is 0 Å². The molecule has 1 atom stereocenters. The van der Waals surface area contributed by atoms with Gasteiger partial charge in [0.25, 0.3) is 0 Å². The van der Waals surface area contributed by atoms with Crippen molar-refractivity contribution in [2.75, 3.05) is 13.6 Å². The van der Waals surface area contributed by atoms with Crippen molar-refractivity contribution < 1.29 is 5.11 Å². The van der Waals surface area contributed by atoms with Crippen LogP contribution in [-0.4, -0.2) is 35.2 Å². The van der Waals surface area contributed by atoms with E-state index in [0.717, 1.165) is 13.0 Å². The number of aliphatic hydroxyl groups is 1. The second kappa shape index (κ2) is 4.97. The molecule has 0 aromatic heterocycles. The van der Waals surface area contributed by atoms with E-state index >= 15 is 0 Å². The van der Waals surface area contributed by atoms with Gasteiger partial charge in [-0.2, -0.15) is 0 Å². The van der Waals surface area contributed by atoms with Crippen molar-refractivity contribution in [2.45, 2.75) is 52.7 Å². The molecule has 13 heavy (non-hydrogen) atoms. The van der Waals surface area contributed by atoms with Crippen molar-refractivity contribution in [3.63, 3.8) is 0 Å². The molecular formula is C11H25NO. The van der Waals surface area contributed by atoms with Gasteiger partial charge in [-0.1, -0.05) is 13.8 Å². The molecule has 1 N–H and O–H groups in total. The quantitative estimate of drug-likeness (QED) is 0.712. The van der Waals surface area contributed by atoms with Crippen LogP contribution in [0.3, 0.4) is 0 Å². The Bertz CT molecular complexity index is 138. The van der Waals surface area contributed by atoms with Crippen LogP contribution in [0, 0.1) is 5.92 Å². The molecule has 0 aromatic carbocycles. The first-order chi connectivity index (χ1) is 5.74. The van der Waals surface area contributed by atoms with Gasteiger partial charge in [-0.25, -0.2) is 0 Å². The summed E-state index contributed by atoms with van der Waals surface area (Å²) in [6.45, 7) is 11.4. The van der Waals surface area contributed by atoms with E-state index in [2.05, 4.69) is 32.7 Å². The summed E-state index contributed by atoms with van der Waals surface area (Å²) >= 11 is 0. The van der Waals surface area contributed by atoms with E-state index < -0.39 is 5.60 Å². The van der Waals surface area contributed by atoms with Gasteiger partial charge in [0.05, 0.1) is 5.60 Å². The molecule has 0 saturated heterocycles. The van der Waals surface area contributed by atoms with Gasteiger partial charge in [0.15, 0.2) is 0 Å². The molecule has 0 aliphatic carbocycles. The average Bonchev–Trinajstić information content (AvgIpc) is 1.97. The minimum absolute atomic E-state index is 0.537. The third-order valence-electron chi connectivity index (χ3n) is 2.74. The lowest BCUT2D eigenvalue weighted by atomic mass is 10.0. The third-order valence-corrected chi connectivity index (χ3v) is 2.74. The van der Waals surface area contributed by atoms with Gasteiger partial charge in [0.2, 0.25) is 0 Å². The SMILES string of the molecule is CC(C)C(C)N(C)CCC(C)(C)O. The van der Waals surface area contributed by atoms with Crippen LogP contribution in [-0.2, 0) is 0 Å². The maximum atomic E-state index is 9.56. The minimum Gasteiger partial charge on any atom is -0.390 e. The predicted octanol–water partition coefficient (Wildman–Crippen LogP) is 2.12. The maximum Gasteiger partial charge on any atom is 0.0603 e. The molecule has 0 bridgehead atoms. The molecule has 80 valence electrons. The van der Waals surface area contributed by atoms with Crippen molar-refractivity contribution in [1.29, 1.82) is 0 Å². The Morgan fingerprint density at radius 3 is 2.00 bits per heavy atom. The fourth-order valence-electron chi connectivity index (χ4n) is 1.16. The van der Waals surface area contributed by atoms with E-state index in [1.54, 1.807) is 0 Å². The Kier molecular flexibility index (Phi) is 4.93. The average molecular weight is 187 g/mol. The summed E-state index contributed by atoms with van der Waals surface area (Å²) < 4.78 is 0. The Labute approximate surface area is 82.9 Å². The monoisotopic (exact) mass is 187 g/mol. The molecule has 0 spiro atoms. The molecule has 2 heteroatoms. The Morgan fingerprint density at radius 2 is 1.69 bits per heavy atom. The van der Waals surface area contributed by atoms with Gasteiger partial charge in [-0.15, -0.1) is 0 Å². The third kappa shape index (κ3) is 6.05. The van der Waals surface area contributed by atoms with Crippen molar-refractivity contribution >= 4 is 0 Å². The predicted molar refractivity (Wildman–Crippen MR) is 57.8 cm³/mol. The zero-order valence-electron chi connectivity index (χ0n) is 9.96. The summed E-state index contributed by atoms with van der Waals surface area (Å²) in [5.74, 6) is 0.673. The second-order valence-corrected chi connectivity index (χ2v) is 5.03. The molecule has 0 amide bonds. The largest absolute Gasteiger partial charge is 0.390 e. The van der Waals surface area contributed by atoms with Gasteiger partial charge >= 0.3 is 0 Å². The van der Waals surface area contributed by atoms with Gasteiger partial charge in [0, 0.05) is 12.6 Å². The van der Waals surface area contributed by atoms with E-state index in [1.165, 1.54) is 0 Å². The van der Waals surface area contributed by atoms with Gasteiger partial charge in [-0.3, -0.25) is 0 Å². The highest BCUT2D eigenvalue weighted by atomic mass is 16.3. The number of hydrogen-bond donors (Lipinski definition) is 1. The summed E-state index contributed by atoms with van der Waals surface area (Å²) in [7, 11) is 2.12. The van der Waals surface area contributed by atoms with E-state index in [-0.39, 0.29) is 0 Å². The first kappa shape index (κ1) is 12.9. The molecule has 0 aliphatic rings. The van der Waals surface area contributed by atoms with E-state index in [1.807, 2.05) is 13.8 Å². The molecule has 2 nitrogen and oxygen atoms in total. The molecular weight excluding hydrogens is 162 g/mol. The van der Waals surface area contributed by atoms with E-state index in [0.29, 0.717) is 12.0 Å². The highest BCUT2D eigenvalue weighted by molar-refractivity contribution is 4.71. The van der Waals surface area contributed by atoms with Crippen LogP contribution < -0.4 is 0 Å². The van der Waals surface area contributed by atoms with Crippen LogP contribution in [0.25, 0.3) is 0 Å². The minimum atomic E-state index is -0.537. The fraction of sp³-hybridized carbons (Fsp3) is 1.00. The molecule has 0 aliphatic heterocycles. The molecule has 1 unspecified atom stereocenters. The lowest BCUT2D eigenvalue weighted by molar-refractivity contribution is 0.0535. The second-order valence-electron chi connectivity index (χ2n) is 5.03. The van der Waals surface area contributed by atoms with Gasteiger partial charge < -0.3 is 10.0 Å². The summed E-state index contributed by atoms with van der Waals surface area (Å²) in [5.41, 5.74) is -0.537. The molecule has 0 heterocycles. The summed E-state index contributed by atoms with van der Waals surface area (Å²) in [6.07, 6.45) is 0.834. The molecule has 0 aromatic rings. The number of hydrogen-bond acceptors (Lipinski definition) is 2. The van der Waals surface area contributed by atoms with Crippen LogP contribution in [0.5, 0.6) is 0 Å². The first-order valence-corrected chi connectivity index (χ1v) is 5.16. The topological polar surface area (TPSA) is 23.5 Å². The van der Waals surface area contributed by atoms with Gasteiger partial charge in [-0.05, 0) is 40.2 Å². The zero-order chi connectivity index (χ0) is 10.6. The lowest BCUT2D eigenvalue weighted by Crippen LogP contribution is -2.36. The van der Waals surface area contributed by atoms with Gasteiger partial charge in [0.1, 0.15) is 0 Å². The van der Waals surface area contributed by atoms with Crippen LogP contribution in [0.15, 0.2) is 0 Å². The fourth-order valence-corrected chi connectivity index (χ4v) is 1.16. The van der Waals surface area contributed by atoms with Crippen LogP contribution in [0.4, 0.5) is 0 Å². The van der Waals surface area contributed by atoms with Crippen molar-refractivity contribution in [3.05, 3.63) is 0 Å². The standard InChI is InChI=1S/C11H25NO/c1-9(2)10(3)12(6)8-7-11(4,5)13/h9-10,13H,7-8H2,1-6H3.